The fourth-order valence-electron chi connectivity index (χ4n) is 2.34. The Kier molecular flexibility index (Phi) is 3.97. The number of aryl methyl sites for hydroxylation is 1. The van der Waals surface area contributed by atoms with Crippen molar-refractivity contribution in [3.8, 4) is 5.75 Å². The van der Waals surface area contributed by atoms with Crippen molar-refractivity contribution in [3.63, 3.8) is 0 Å². The Morgan fingerprint density at radius 1 is 1.35 bits per heavy atom. The van der Waals surface area contributed by atoms with E-state index in [0.717, 1.165) is 11.3 Å². The molecule has 0 bridgehead atoms. The van der Waals surface area contributed by atoms with Crippen LogP contribution in [0.4, 0.5) is 5.69 Å². The Bertz CT molecular complexity index is 756. The first kappa shape index (κ1) is 15.0. The van der Waals surface area contributed by atoms with Gasteiger partial charge in [-0.25, -0.2) is 0 Å². The van der Waals surface area contributed by atoms with Gasteiger partial charge in [0, 0.05) is 11.9 Å². The number of nitrogens with one attached hydrogen (secondary N) is 2. The molecule has 0 saturated carbocycles. The highest BCUT2D eigenvalue weighted by Crippen LogP contribution is 2.30. The molecule has 1 aliphatic rings. The number of fused-ring (bicyclic) bond motifs is 1. The summed E-state index contributed by atoms with van der Waals surface area (Å²) < 4.78 is 5.32. The van der Waals surface area contributed by atoms with Gasteiger partial charge in [-0.3, -0.25) is 14.6 Å². The molecule has 6 heteroatoms. The predicted octanol–water partition coefficient (Wildman–Crippen LogP) is 2.21. The lowest BCUT2D eigenvalue weighted by Crippen LogP contribution is -2.28. The van der Waals surface area contributed by atoms with Crippen LogP contribution in [-0.2, 0) is 4.79 Å². The van der Waals surface area contributed by atoms with Crippen LogP contribution >= 0.6 is 0 Å². The highest BCUT2D eigenvalue weighted by molar-refractivity contribution is 5.96. The molecule has 23 heavy (non-hydrogen) atoms. The minimum atomic E-state index is -0.215. The topological polar surface area (TPSA) is 80.3 Å². The molecule has 0 unspecified atom stereocenters. The van der Waals surface area contributed by atoms with E-state index in [9.17, 15) is 9.59 Å². The number of hydrogen-bond donors (Lipinski definition) is 2. The highest BCUT2D eigenvalue weighted by atomic mass is 16.5. The molecule has 2 aromatic rings. The van der Waals surface area contributed by atoms with Crippen LogP contribution in [-0.4, -0.2) is 23.4 Å². The molecule has 0 spiro atoms. The molecule has 3 rings (SSSR count). The average Bonchev–Trinajstić information content (AvgIpc) is 2.54. The van der Waals surface area contributed by atoms with Crippen molar-refractivity contribution in [3.05, 3.63) is 53.3 Å². The summed E-state index contributed by atoms with van der Waals surface area (Å²) in [6, 6.07) is 8.80. The molecule has 118 valence electrons. The first-order chi connectivity index (χ1) is 11.0. The van der Waals surface area contributed by atoms with Gasteiger partial charge in [0.05, 0.1) is 17.3 Å². The van der Waals surface area contributed by atoms with Crippen molar-refractivity contribution in [1.82, 2.24) is 10.3 Å². The number of carbonyl (C=O) groups excluding carboxylic acids is 2. The van der Waals surface area contributed by atoms with Crippen LogP contribution in [0, 0.1) is 6.92 Å². The van der Waals surface area contributed by atoms with E-state index in [-0.39, 0.29) is 24.5 Å². The summed E-state index contributed by atoms with van der Waals surface area (Å²) in [4.78, 5) is 27.7. The van der Waals surface area contributed by atoms with E-state index in [4.69, 9.17) is 4.74 Å². The van der Waals surface area contributed by atoms with Crippen LogP contribution in [0.3, 0.4) is 0 Å². The summed E-state index contributed by atoms with van der Waals surface area (Å²) in [6.07, 6.45) is 1.55. The monoisotopic (exact) mass is 311 g/mol. The SMILES string of the molecule is Cc1ccc(C(=O)N[C@H](C)c2ccc3c(c2)NC(=O)CO3)cn1. The Labute approximate surface area is 133 Å². The summed E-state index contributed by atoms with van der Waals surface area (Å²) in [5.41, 5.74) is 2.87. The third kappa shape index (κ3) is 3.31. The van der Waals surface area contributed by atoms with Crippen LogP contribution in [0.25, 0.3) is 0 Å². The minimum absolute atomic E-state index is 0.0268. The number of carbonyl (C=O) groups is 2. The van der Waals surface area contributed by atoms with Gasteiger partial charge >= 0.3 is 0 Å². The van der Waals surface area contributed by atoms with E-state index in [1.165, 1.54) is 0 Å². The third-order valence-electron chi connectivity index (χ3n) is 3.66. The average molecular weight is 311 g/mol. The van der Waals surface area contributed by atoms with Gasteiger partial charge in [-0.15, -0.1) is 0 Å². The summed E-state index contributed by atoms with van der Waals surface area (Å²) in [5.74, 6) is 0.259. The molecule has 2 N–H and O–H groups in total. The zero-order valence-electron chi connectivity index (χ0n) is 12.9. The number of amides is 2. The largest absolute Gasteiger partial charge is 0.482 e. The molecule has 1 aromatic heterocycles. The fourth-order valence-corrected chi connectivity index (χ4v) is 2.34. The van der Waals surface area contributed by atoms with Crippen molar-refractivity contribution in [1.29, 1.82) is 0 Å². The van der Waals surface area contributed by atoms with Crippen molar-refractivity contribution in [2.75, 3.05) is 11.9 Å². The number of pyridine rings is 1. The van der Waals surface area contributed by atoms with E-state index in [1.807, 2.05) is 26.0 Å². The lowest BCUT2D eigenvalue weighted by molar-refractivity contribution is -0.118. The van der Waals surface area contributed by atoms with Crippen molar-refractivity contribution in [2.45, 2.75) is 19.9 Å². The van der Waals surface area contributed by atoms with Gasteiger partial charge in [0.1, 0.15) is 5.75 Å². The van der Waals surface area contributed by atoms with E-state index >= 15 is 0 Å². The van der Waals surface area contributed by atoms with Gasteiger partial charge in [0.25, 0.3) is 11.8 Å². The fraction of sp³-hybridized carbons (Fsp3) is 0.235. The predicted molar refractivity (Wildman–Crippen MR) is 85.4 cm³/mol. The zero-order chi connectivity index (χ0) is 16.4. The van der Waals surface area contributed by atoms with Gasteiger partial charge in [-0.05, 0) is 43.7 Å². The maximum Gasteiger partial charge on any atom is 0.262 e. The molecule has 2 heterocycles. The molecule has 1 atom stereocenters. The second kappa shape index (κ2) is 6.08. The second-order valence-corrected chi connectivity index (χ2v) is 5.48. The van der Waals surface area contributed by atoms with E-state index in [0.29, 0.717) is 17.0 Å². The molecule has 0 saturated heterocycles. The number of anilines is 1. The maximum atomic E-state index is 12.2. The van der Waals surface area contributed by atoms with Crippen LogP contribution in [0.2, 0.25) is 0 Å². The number of ether oxygens (including phenoxy) is 1. The lowest BCUT2D eigenvalue weighted by atomic mass is 10.1. The molecule has 0 radical (unpaired) electrons. The minimum Gasteiger partial charge on any atom is -0.482 e. The van der Waals surface area contributed by atoms with E-state index in [1.54, 1.807) is 24.4 Å². The van der Waals surface area contributed by atoms with Gasteiger partial charge in [-0.1, -0.05) is 6.07 Å². The summed E-state index contributed by atoms with van der Waals surface area (Å²) in [5, 5.41) is 5.68. The molecule has 2 amide bonds. The number of hydrogen-bond acceptors (Lipinski definition) is 4. The van der Waals surface area contributed by atoms with Crippen LogP contribution in [0.1, 0.15) is 34.6 Å². The van der Waals surface area contributed by atoms with Gasteiger partial charge in [0.15, 0.2) is 6.61 Å². The third-order valence-corrected chi connectivity index (χ3v) is 3.66. The standard InChI is InChI=1S/C17H17N3O3/c1-10-3-4-13(8-18-10)17(22)19-11(2)12-5-6-15-14(7-12)20-16(21)9-23-15/h3-8,11H,9H2,1-2H3,(H,19,22)(H,20,21)/t11-/m1/s1. The van der Waals surface area contributed by atoms with Crippen molar-refractivity contribution >= 4 is 17.5 Å². The number of nitrogens with zero attached hydrogens (tertiary/aromatic N) is 1. The number of rotatable bonds is 3. The Hall–Kier alpha value is -2.89. The van der Waals surface area contributed by atoms with Crippen LogP contribution in [0.5, 0.6) is 5.75 Å². The lowest BCUT2D eigenvalue weighted by Gasteiger charge is -2.21. The summed E-state index contributed by atoms with van der Waals surface area (Å²) in [6.45, 7) is 3.78. The number of aromatic nitrogens is 1. The normalized spacial score (nSPS) is 14.3. The smallest absolute Gasteiger partial charge is 0.262 e. The van der Waals surface area contributed by atoms with Crippen LogP contribution in [0.15, 0.2) is 36.5 Å². The summed E-state index contributed by atoms with van der Waals surface area (Å²) >= 11 is 0. The Morgan fingerprint density at radius 2 is 2.17 bits per heavy atom. The highest BCUT2D eigenvalue weighted by Gasteiger charge is 2.18. The molecular weight excluding hydrogens is 294 g/mol. The molecule has 1 aromatic carbocycles. The maximum absolute atomic E-state index is 12.2. The molecule has 0 aliphatic carbocycles. The van der Waals surface area contributed by atoms with Crippen LogP contribution < -0.4 is 15.4 Å². The molecule has 0 fully saturated rings. The Morgan fingerprint density at radius 3 is 2.91 bits per heavy atom. The van der Waals surface area contributed by atoms with E-state index < -0.39 is 0 Å². The van der Waals surface area contributed by atoms with Crippen molar-refractivity contribution < 1.29 is 14.3 Å². The first-order valence-electron chi connectivity index (χ1n) is 7.33. The Balaban J connectivity index is 1.74. The second-order valence-electron chi connectivity index (χ2n) is 5.48. The van der Waals surface area contributed by atoms with Crippen molar-refractivity contribution in [2.24, 2.45) is 0 Å². The molecular formula is C17H17N3O3. The van der Waals surface area contributed by atoms with Gasteiger partial charge in [-0.2, -0.15) is 0 Å². The number of benzene rings is 1. The molecule has 6 nitrogen and oxygen atoms in total. The van der Waals surface area contributed by atoms with E-state index in [2.05, 4.69) is 15.6 Å². The summed E-state index contributed by atoms with van der Waals surface area (Å²) in [7, 11) is 0. The quantitative estimate of drug-likeness (QED) is 0.911. The first-order valence-corrected chi connectivity index (χ1v) is 7.33. The van der Waals surface area contributed by atoms with Gasteiger partial charge in [0.2, 0.25) is 0 Å². The van der Waals surface area contributed by atoms with Gasteiger partial charge < -0.3 is 15.4 Å². The zero-order valence-corrected chi connectivity index (χ0v) is 12.9. The molecule has 1 aliphatic heterocycles.